The minimum atomic E-state index is -4.62. The fourth-order valence-electron chi connectivity index (χ4n) is 2.75. The van der Waals surface area contributed by atoms with E-state index in [9.17, 15) is 32.7 Å². The van der Waals surface area contributed by atoms with Crippen molar-refractivity contribution in [2.45, 2.75) is 19.1 Å². The number of benzene rings is 1. The number of carbonyl (C=O) groups excluding carboxylic acids is 1. The number of hydrogen-bond acceptors (Lipinski definition) is 6. The second-order valence-corrected chi connectivity index (χ2v) is 7.42. The Morgan fingerprint density at radius 3 is 2.50 bits per heavy atom. The van der Waals surface area contributed by atoms with E-state index < -0.39 is 45.8 Å². The number of alkyl halides is 3. The lowest BCUT2D eigenvalue weighted by Gasteiger charge is -2.10. The fraction of sp³-hybridized carbons (Fsp3) is 0.222. The van der Waals surface area contributed by atoms with Crippen LogP contribution < -0.4 is 10.7 Å². The topological polar surface area (TPSA) is 122 Å². The predicted octanol–water partition coefficient (Wildman–Crippen LogP) is 2.59. The summed E-state index contributed by atoms with van der Waals surface area (Å²) in [4.78, 5) is 35.8. The molecule has 1 atom stereocenters. The molecule has 8 nitrogen and oxygen atoms in total. The molecule has 30 heavy (non-hydrogen) atoms. The zero-order valence-corrected chi connectivity index (χ0v) is 16.3. The highest BCUT2D eigenvalue weighted by Gasteiger charge is 2.34. The van der Waals surface area contributed by atoms with Crippen LogP contribution in [0.25, 0.3) is 21.3 Å². The van der Waals surface area contributed by atoms with Crippen molar-refractivity contribution >= 4 is 33.3 Å². The Balaban J connectivity index is 2.08. The van der Waals surface area contributed by atoms with Crippen LogP contribution in [-0.4, -0.2) is 37.9 Å². The Kier molecular flexibility index (Phi) is 5.29. The Hall–Kier alpha value is -3.41. The lowest BCUT2D eigenvalue weighted by molar-refractivity contribution is -0.141. The summed E-state index contributed by atoms with van der Waals surface area (Å²) < 4.78 is 40.0. The number of nitrogens with one attached hydrogen (secondary N) is 1. The molecule has 1 amide bonds. The standard InChI is InChI=1S/C18H14F3N3O5S/c1-7(16(27)28)22-15(26)13-14(25)9-4-3-8(5-11(9)30-17(13)29)10-6-12(18(19,20)21)23-24(10)2/h3-7,29H,1-2H3,(H,22,26)(H,27,28)/t7-/m0/s1. The summed E-state index contributed by atoms with van der Waals surface area (Å²) in [6.45, 7) is 1.20. The van der Waals surface area contributed by atoms with Gasteiger partial charge in [-0.1, -0.05) is 17.4 Å². The molecule has 0 saturated carbocycles. The summed E-state index contributed by atoms with van der Waals surface area (Å²) in [7, 11) is 1.34. The number of carbonyl (C=O) groups is 2. The molecular weight excluding hydrogens is 427 g/mol. The molecule has 2 heterocycles. The molecule has 2 aromatic heterocycles. The van der Waals surface area contributed by atoms with Gasteiger partial charge in [0.25, 0.3) is 5.91 Å². The van der Waals surface area contributed by atoms with Gasteiger partial charge in [0.2, 0.25) is 5.43 Å². The minimum Gasteiger partial charge on any atom is -0.499 e. The van der Waals surface area contributed by atoms with Gasteiger partial charge in [-0.15, -0.1) is 0 Å². The highest BCUT2D eigenvalue weighted by atomic mass is 32.1. The van der Waals surface area contributed by atoms with Crippen LogP contribution in [0.1, 0.15) is 23.0 Å². The van der Waals surface area contributed by atoms with E-state index in [1.807, 2.05) is 0 Å². The molecule has 0 fully saturated rings. The smallest absolute Gasteiger partial charge is 0.435 e. The maximum Gasteiger partial charge on any atom is 0.435 e. The van der Waals surface area contributed by atoms with E-state index in [-0.39, 0.29) is 15.8 Å². The van der Waals surface area contributed by atoms with Crippen molar-refractivity contribution < 1.29 is 33.0 Å². The number of carboxylic acids is 1. The first-order valence-electron chi connectivity index (χ1n) is 8.35. The zero-order chi connectivity index (χ0) is 22.4. The maximum atomic E-state index is 12.9. The van der Waals surface area contributed by atoms with Gasteiger partial charge < -0.3 is 15.5 Å². The van der Waals surface area contributed by atoms with Crippen molar-refractivity contribution in [3.8, 4) is 16.3 Å². The molecule has 158 valence electrons. The summed E-state index contributed by atoms with van der Waals surface area (Å²) >= 11 is 0.669. The summed E-state index contributed by atoms with van der Waals surface area (Å²) in [5.74, 6) is -2.37. The van der Waals surface area contributed by atoms with Gasteiger partial charge in [-0.05, 0) is 25.1 Å². The number of aryl methyl sites for hydroxylation is 1. The third-order valence-electron chi connectivity index (χ3n) is 4.28. The molecule has 0 radical (unpaired) electrons. The van der Waals surface area contributed by atoms with Gasteiger partial charge in [0.1, 0.15) is 11.6 Å². The van der Waals surface area contributed by atoms with Crippen LogP contribution in [0.3, 0.4) is 0 Å². The number of amides is 1. The SMILES string of the molecule is C[C@H](NC(=O)c1c(O)sc2cc(-c3cc(C(F)(F)F)nn3C)ccc2c1=O)C(=O)O. The van der Waals surface area contributed by atoms with Crippen molar-refractivity contribution in [3.05, 3.63) is 45.7 Å². The second-order valence-electron chi connectivity index (χ2n) is 6.39. The van der Waals surface area contributed by atoms with Gasteiger partial charge in [-0.25, -0.2) is 0 Å². The number of carboxylic acid groups (broad SMARTS) is 1. The highest BCUT2D eigenvalue weighted by molar-refractivity contribution is 7.20. The largest absolute Gasteiger partial charge is 0.499 e. The third-order valence-corrected chi connectivity index (χ3v) is 5.24. The van der Waals surface area contributed by atoms with Crippen molar-refractivity contribution in [2.24, 2.45) is 7.05 Å². The molecule has 0 aliphatic carbocycles. The Morgan fingerprint density at radius 2 is 1.93 bits per heavy atom. The lowest BCUT2D eigenvalue weighted by Crippen LogP contribution is -2.40. The van der Waals surface area contributed by atoms with E-state index in [0.29, 0.717) is 16.9 Å². The summed E-state index contributed by atoms with van der Waals surface area (Å²) in [5, 5.41) is 24.0. The number of halogens is 3. The van der Waals surface area contributed by atoms with Crippen molar-refractivity contribution in [1.82, 2.24) is 15.1 Å². The summed E-state index contributed by atoms with van der Waals surface area (Å²) in [6, 6.07) is 3.69. The zero-order valence-electron chi connectivity index (χ0n) is 15.4. The quantitative estimate of drug-likeness (QED) is 0.572. The molecule has 3 rings (SSSR count). The first-order valence-corrected chi connectivity index (χ1v) is 9.17. The molecule has 3 aromatic rings. The lowest BCUT2D eigenvalue weighted by atomic mass is 10.1. The van der Waals surface area contributed by atoms with Crippen LogP contribution in [0, 0.1) is 0 Å². The van der Waals surface area contributed by atoms with E-state index in [2.05, 4.69) is 10.4 Å². The monoisotopic (exact) mass is 441 g/mol. The first kappa shape index (κ1) is 21.3. The molecule has 0 aliphatic heterocycles. The van der Waals surface area contributed by atoms with Crippen LogP contribution in [0.2, 0.25) is 0 Å². The molecule has 12 heteroatoms. The number of hydrogen-bond donors (Lipinski definition) is 3. The average Bonchev–Trinajstić information content (AvgIpc) is 3.03. The van der Waals surface area contributed by atoms with E-state index in [1.54, 1.807) is 0 Å². The number of aliphatic carboxylic acids is 1. The number of aromatic hydroxyl groups is 1. The first-order chi connectivity index (χ1) is 13.9. The highest BCUT2D eigenvalue weighted by Crippen LogP contribution is 2.34. The fourth-order valence-corrected chi connectivity index (χ4v) is 3.70. The van der Waals surface area contributed by atoms with E-state index in [0.717, 1.165) is 10.7 Å². The summed E-state index contributed by atoms with van der Waals surface area (Å²) in [5.41, 5.74) is -2.05. The van der Waals surface area contributed by atoms with Crippen molar-refractivity contribution in [3.63, 3.8) is 0 Å². The van der Waals surface area contributed by atoms with Crippen LogP contribution in [0.15, 0.2) is 29.1 Å². The Morgan fingerprint density at radius 1 is 1.27 bits per heavy atom. The van der Waals surface area contributed by atoms with Crippen LogP contribution in [0.5, 0.6) is 5.06 Å². The molecule has 0 bridgehead atoms. The number of rotatable bonds is 4. The normalized spacial score (nSPS) is 12.7. The molecule has 1 aromatic carbocycles. The number of aromatic nitrogens is 2. The average molecular weight is 441 g/mol. The van der Waals surface area contributed by atoms with Gasteiger partial charge >= 0.3 is 12.1 Å². The molecule has 0 aliphatic rings. The van der Waals surface area contributed by atoms with Crippen LogP contribution >= 0.6 is 11.3 Å². The summed E-state index contributed by atoms with van der Waals surface area (Å²) in [6.07, 6.45) is -4.62. The predicted molar refractivity (Wildman–Crippen MR) is 102 cm³/mol. The van der Waals surface area contributed by atoms with Crippen molar-refractivity contribution in [2.75, 3.05) is 0 Å². The van der Waals surface area contributed by atoms with Gasteiger partial charge in [-0.2, -0.15) is 18.3 Å². The minimum absolute atomic E-state index is 0.0490. The van der Waals surface area contributed by atoms with Gasteiger partial charge in [-0.3, -0.25) is 19.1 Å². The number of fused-ring (bicyclic) bond motifs is 1. The van der Waals surface area contributed by atoms with Crippen LogP contribution in [0.4, 0.5) is 13.2 Å². The van der Waals surface area contributed by atoms with E-state index >= 15 is 0 Å². The number of nitrogens with zero attached hydrogens (tertiary/aromatic N) is 2. The van der Waals surface area contributed by atoms with E-state index in [1.165, 1.54) is 32.2 Å². The second kappa shape index (κ2) is 7.44. The Bertz CT molecular complexity index is 1230. The third kappa shape index (κ3) is 3.85. The molecule has 0 saturated heterocycles. The molecular formula is C18H14F3N3O5S. The Labute approximate surface area is 170 Å². The molecule has 0 spiro atoms. The van der Waals surface area contributed by atoms with Gasteiger partial charge in [0.05, 0.1) is 5.69 Å². The van der Waals surface area contributed by atoms with Crippen molar-refractivity contribution in [1.29, 1.82) is 0 Å². The van der Waals surface area contributed by atoms with E-state index in [4.69, 9.17) is 5.11 Å². The van der Waals surface area contributed by atoms with Gasteiger partial charge in [0.15, 0.2) is 10.8 Å². The van der Waals surface area contributed by atoms with Gasteiger partial charge in [0, 0.05) is 22.7 Å². The molecule has 0 unspecified atom stereocenters. The molecule has 3 N–H and O–H groups in total. The van der Waals surface area contributed by atoms with Crippen LogP contribution in [-0.2, 0) is 18.0 Å². The maximum absolute atomic E-state index is 12.9.